The van der Waals surface area contributed by atoms with E-state index in [0.717, 1.165) is 0 Å². The van der Waals surface area contributed by atoms with Gasteiger partial charge in [0, 0.05) is 11.0 Å². The predicted octanol–water partition coefficient (Wildman–Crippen LogP) is 2.36. The van der Waals surface area contributed by atoms with Gasteiger partial charge in [-0.2, -0.15) is 0 Å². The van der Waals surface area contributed by atoms with E-state index in [0.29, 0.717) is 29.4 Å². The van der Waals surface area contributed by atoms with Crippen LogP contribution in [0.4, 0.5) is 4.39 Å². The third-order valence-corrected chi connectivity index (χ3v) is 3.19. The Bertz CT molecular complexity index is 479. The number of carboxylic acids is 1. The lowest BCUT2D eigenvalue weighted by atomic mass is 10.1. The number of aryl methyl sites for hydroxylation is 1. The third-order valence-electron chi connectivity index (χ3n) is 2.70. The first kappa shape index (κ1) is 15.6. The Hall–Kier alpha value is -1.43. The fourth-order valence-electron chi connectivity index (χ4n) is 1.48. The van der Waals surface area contributed by atoms with E-state index in [-0.39, 0.29) is 5.82 Å². The quantitative estimate of drug-likeness (QED) is 0.621. The number of hydrogen-bond donors (Lipinski definition) is 2. The van der Waals surface area contributed by atoms with Gasteiger partial charge in [0.2, 0.25) is 5.91 Å². The summed E-state index contributed by atoms with van der Waals surface area (Å²) in [6, 6.07) is 4.82. The summed E-state index contributed by atoms with van der Waals surface area (Å²) in [5.74, 6) is -3.04. The Morgan fingerprint density at radius 3 is 2.74 bits per heavy atom. The Balaban J connectivity index is 2.35. The molecular weight excluding hydrogens is 317 g/mol. The summed E-state index contributed by atoms with van der Waals surface area (Å²) in [7, 11) is 0. The summed E-state index contributed by atoms with van der Waals surface area (Å²) < 4.78 is 14.2. The van der Waals surface area contributed by atoms with Gasteiger partial charge in [-0.3, -0.25) is 9.59 Å². The van der Waals surface area contributed by atoms with Gasteiger partial charge < -0.3 is 10.4 Å². The zero-order valence-electron chi connectivity index (χ0n) is 10.5. The van der Waals surface area contributed by atoms with Gasteiger partial charge in [-0.15, -0.1) is 0 Å². The number of aliphatic carboxylic acids is 1. The highest BCUT2D eigenvalue weighted by Crippen LogP contribution is 2.16. The van der Waals surface area contributed by atoms with E-state index < -0.39 is 17.8 Å². The summed E-state index contributed by atoms with van der Waals surface area (Å²) in [6.45, 7) is 1.65. The summed E-state index contributed by atoms with van der Waals surface area (Å²) in [5.41, 5.74) is 0.573. The van der Waals surface area contributed by atoms with Gasteiger partial charge in [-0.1, -0.05) is 22.0 Å². The molecule has 1 amide bonds. The molecule has 19 heavy (non-hydrogen) atoms. The number of amides is 1. The van der Waals surface area contributed by atoms with Crippen LogP contribution in [-0.4, -0.2) is 23.5 Å². The summed E-state index contributed by atoms with van der Waals surface area (Å²) >= 11 is 3.17. The fourth-order valence-corrected chi connectivity index (χ4v) is 1.81. The average Bonchev–Trinajstić information content (AvgIpc) is 2.35. The van der Waals surface area contributed by atoms with E-state index in [1.807, 2.05) is 0 Å². The molecule has 1 rings (SSSR count). The molecule has 0 bridgehead atoms. The summed E-state index contributed by atoms with van der Waals surface area (Å²) in [6.07, 6.45) is 1.04. The molecule has 4 nitrogen and oxygen atoms in total. The molecule has 0 spiro atoms. The van der Waals surface area contributed by atoms with Crippen LogP contribution in [0.1, 0.15) is 18.9 Å². The monoisotopic (exact) mass is 331 g/mol. The molecule has 0 aliphatic heterocycles. The number of benzene rings is 1. The van der Waals surface area contributed by atoms with Crippen molar-refractivity contribution in [2.24, 2.45) is 5.92 Å². The SMILES string of the molecule is CC(C(=O)O)C(=O)NCCCc1ccc(Br)cc1F. The summed E-state index contributed by atoms with van der Waals surface area (Å²) in [4.78, 5) is 21.9. The minimum Gasteiger partial charge on any atom is -0.481 e. The minimum absolute atomic E-state index is 0.292. The van der Waals surface area contributed by atoms with Crippen molar-refractivity contribution in [3.63, 3.8) is 0 Å². The molecular formula is C13H15BrFNO3. The van der Waals surface area contributed by atoms with Crippen LogP contribution >= 0.6 is 15.9 Å². The minimum atomic E-state index is -1.16. The Kier molecular flexibility index (Phi) is 5.95. The van der Waals surface area contributed by atoms with E-state index in [9.17, 15) is 14.0 Å². The van der Waals surface area contributed by atoms with Crippen LogP contribution in [0.2, 0.25) is 0 Å². The lowest BCUT2D eigenvalue weighted by molar-refractivity contribution is -0.146. The number of carbonyl (C=O) groups is 2. The second-order valence-corrected chi connectivity index (χ2v) is 5.11. The van der Waals surface area contributed by atoms with E-state index in [1.165, 1.54) is 13.0 Å². The maximum Gasteiger partial charge on any atom is 0.315 e. The maximum atomic E-state index is 13.5. The number of carboxylic acid groups (broad SMARTS) is 1. The molecule has 1 aromatic carbocycles. The number of halogens is 2. The van der Waals surface area contributed by atoms with Gasteiger partial charge in [0.05, 0.1) is 0 Å². The van der Waals surface area contributed by atoms with Crippen molar-refractivity contribution in [1.29, 1.82) is 0 Å². The molecule has 0 aliphatic rings. The number of hydrogen-bond acceptors (Lipinski definition) is 2. The lowest BCUT2D eigenvalue weighted by Gasteiger charge is -2.08. The van der Waals surface area contributed by atoms with Crippen LogP contribution < -0.4 is 5.32 Å². The molecule has 1 unspecified atom stereocenters. The number of nitrogens with one attached hydrogen (secondary N) is 1. The largest absolute Gasteiger partial charge is 0.481 e. The van der Waals surface area contributed by atoms with E-state index in [4.69, 9.17) is 5.11 Å². The van der Waals surface area contributed by atoms with Crippen molar-refractivity contribution in [2.75, 3.05) is 6.54 Å². The van der Waals surface area contributed by atoms with Crippen LogP contribution in [0.25, 0.3) is 0 Å². The standard InChI is InChI=1S/C13H15BrFNO3/c1-8(13(18)19)12(17)16-6-2-3-9-4-5-10(14)7-11(9)15/h4-5,7-8H,2-3,6H2,1H3,(H,16,17)(H,18,19). The Morgan fingerprint density at radius 1 is 1.47 bits per heavy atom. The first-order valence-electron chi connectivity index (χ1n) is 5.86. The van der Waals surface area contributed by atoms with Crippen molar-refractivity contribution in [2.45, 2.75) is 19.8 Å². The highest BCUT2D eigenvalue weighted by atomic mass is 79.9. The van der Waals surface area contributed by atoms with Crippen LogP contribution in [0, 0.1) is 11.7 Å². The van der Waals surface area contributed by atoms with Crippen LogP contribution in [0.5, 0.6) is 0 Å². The molecule has 1 atom stereocenters. The summed E-state index contributed by atoms with van der Waals surface area (Å²) in [5, 5.41) is 11.1. The zero-order valence-corrected chi connectivity index (χ0v) is 12.0. The van der Waals surface area contributed by atoms with Gasteiger partial charge in [0.25, 0.3) is 0 Å². The fraction of sp³-hybridized carbons (Fsp3) is 0.385. The average molecular weight is 332 g/mol. The number of rotatable bonds is 6. The third kappa shape index (κ3) is 4.98. The van der Waals surface area contributed by atoms with Crippen LogP contribution in [-0.2, 0) is 16.0 Å². The van der Waals surface area contributed by atoms with Gasteiger partial charge in [-0.25, -0.2) is 4.39 Å². The second kappa shape index (κ2) is 7.23. The van der Waals surface area contributed by atoms with Crippen molar-refractivity contribution in [3.05, 3.63) is 34.1 Å². The molecule has 0 saturated heterocycles. The Labute approximate surface area is 119 Å². The molecule has 0 heterocycles. The molecule has 0 fully saturated rings. The molecule has 0 aliphatic carbocycles. The Morgan fingerprint density at radius 2 is 2.16 bits per heavy atom. The van der Waals surface area contributed by atoms with Crippen LogP contribution in [0.15, 0.2) is 22.7 Å². The van der Waals surface area contributed by atoms with Gasteiger partial charge in [-0.05, 0) is 37.5 Å². The smallest absolute Gasteiger partial charge is 0.315 e. The molecule has 0 radical (unpaired) electrons. The van der Waals surface area contributed by atoms with Gasteiger partial charge in [0.15, 0.2) is 0 Å². The molecule has 104 valence electrons. The molecule has 0 aromatic heterocycles. The number of carbonyl (C=O) groups excluding carboxylic acids is 1. The van der Waals surface area contributed by atoms with E-state index in [2.05, 4.69) is 21.2 Å². The lowest BCUT2D eigenvalue weighted by Crippen LogP contribution is -2.34. The first-order valence-corrected chi connectivity index (χ1v) is 6.65. The topological polar surface area (TPSA) is 66.4 Å². The zero-order chi connectivity index (χ0) is 14.4. The predicted molar refractivity (Wildman–Crippen MR) is 72.2 cm³/mol. The molecule has 2 N–H and O–H groups in total. The maximum absolute atomic E-state index is 13.5. The van der Waals surface area contributed by atoms with Gasteiger partial charge in [0.1, 0.15) is 11.7 Å². The van der Waals surface area contributed by atoms with Crippen LogP contribution in [0.3, 0.4) is 0 Å². The van der Waals surface area contributed by atoms with Crippen molar-refractivity contribution < 1.29 is 19.1 Å². The molecule has 1 aromatic rings. The van der Waals surface area contributed by atoms with Gasteiger partial charge >= 0.3 is 5.97 Å². The normalized spacial score (nSPS) is 11.9. The highest BCUT2D eigenvalue weighted by molar-refractivity contribution is 9.10. The second-order valence-electron chi connectivity index (χ2n) is 4.19. The first-order chi connectivity index (χ1) is 8.91. The molecule has 6 heteroatoms. The molecule has 0 saturated carbocycles. The van der Waals surface area contributed by atoms with Crippen molar-refractivity contribution >= 4 is 27.8 Å². The van der Waals surface area contributed by atoms with Crippen molar-refractivity contribution in [3.8, 4) is 0 Å². The highest BCUT2D eigenvalue weighted by Gasteiger charge is 2.19. The van der Waals surface area contributed by atoms with E-state index in [1.54, 1.807) is 12.1 Å². The van der Waals surface area contributed by atoms with E-state index >= 15 is 0 Å². The van der Waals surface area contributed by atoms with Crippen molar-refractivity contribution in [1.82, 2.24) is 5.32 Å².